The highest BCUT2D eigenvalue weighted by molar-refractivity contribution is 6.50. The van der Waals surface area contributed by atoms with Crippen LogP contribution >= 0.6 is 0 Å². The van der Waals surface area contributed by atoms with E-state index < -0.39 is 7.25 Å². The first-order valence-corrected chi connectivity index (χ1v) is 5.32. The molecule has 1 heterocycles. The molecule has 0 bridgehead atoms. The third-order valence-corrected chi connectivity index (χ3v) is 2.06. The number of halogens is 4. The highest BCUT2D eigenvalue weighted by Crippen LogP contribution is 2.06. The second kappa shape index (κ2) is 7.14. The number of hydrogen-bond donors (Lipinski definition) is 0. The van der Waals surface area contributed by atoms with E-state index >= 15 is 0 Å². The molecule has 1 aromatic heterocycles. The lowest BCUT2D eigenvalue weighted by Crippen LogP contribution is -2.29. The van der Waals surface area contributed by atoms with Crippen molar-refractivity contribution in [2.24, 2.45) is 7.05 Å². The Morgan fingerprint density at radius 2 is 1.88 bits per heavy atom. The fraction of sp³-hybridized carbons (Fsp3) is 0.500. The van der Waals surface area contributed by atoms with Crippen LogP contribution in [0.25, 0.3) is 6.20 Å². The van der Waals surface area contributed by atoms with Crippen LogP contribution in [0.3, 0.4) is 0 Å². The molecule has 2 nitrogen and oxygen atoms in total. The van der Waals surface area contributed by atoms with E-state index in [0.29, 0.717) is 0 Å². The third-order valence-electron chi connectivity index (χ3n) is 2.06. The molecule has 0 saturated carbocycles. The molecule has 1 rings (SSSR count). The van der Waals surface area contributed by atoms with E-state index in [0.717, 1.165) is 6.42 Å². The molecule has 0 saturated heterocycles. The number of unbranched alkanes of at least 4 members (excludes halogenated alkanes) is 1. The fourth-order valence-corrected chi connectivity index (χ4v) is 1.08. The smallest absolute Gasteiger partial charge is 0.418 e. The molecule has 0 aliphatic carbocycles. The number of hydrogen-bond acceptors (Lipinski definition) is 0. The zero-order valence-electron chi connectivity index (χ0n) is 10.2. The summed E-state index contributed by atoms with van der Waals surface area (Å²) in [7, 11) is -3.94. The molecule has 0 fully saturated rings. The van der Waals surface area contributed by atoms with Gasteiger partial charge in [-0.3, -0.25) is 0 Å². The summed E-state index contributed by atoms with van der Waals surface area (Å²) >= 11 is 0. The van der Waals surface area contributed by atoms with Crippen LogP contribution < -0.4 is 4.57 Å². The van der Waals surface area contributed by atoms with Crippen LogP contribution in [0.1, 0.15) is 25.6 Å². The van der Waals surface area contributed by atoms with Crippen molar-refractivity contribution in [1.29, 1.82) is 0 Å². The number of imidazole rings is 1. The molecule has 0 amide bonds. The average Bonchev–Trinajstić information content (AvgIpc) is 2.47. The van der Waals surface area contributed by atoms with Gasteiger partial charge in [0.2, 0.25) is 0 Å². The average molecular weight is 252 g/mol. The van der Waals surface area contributed by atoms with Gasteiger partial charge in [0.1, 0.15) is 12.4 Å². The molecule has 0 radical (unpaired) electrons. The maximum atomic E-state index is 9.75. The van der Waals surface area contributed by atoms with E-state index in [-0.39, 0.29) is 0 Å². The molecule has 0 atom stereocenters. The van der Waals surface area contributed by atoms with Crippen molar-refractivity contribution in [1.82, 2.24) is 4.57 Å². The topological polar surface area (TPSA) is 8.81 Å². The molecular weight excluding hydrogens is 235 g/mol. The molecule has 0 aliphatic rings. The second-order valence-corrected chi connectivity index (χ2v) is 3.53. The van der Waals surface area contributed by atoms with E-state index in [2.05, 4.69) is 54.7 Å². The molecule has 0 aromatic carbocycles. The molecule has 0 unspecified atom stereocenters. The molecule has 0 aliphatic heterocycles. The number of allylic oxidation sites excluding steroid dienone is 1. The van der Waals surface area contributed by atoms with Crippen molar-refractivity contribution in [3.63, 3.8) is 0 Å². The summed E-state index contributed by atoms with van der Waals surface area (Å²) in [6.07, 6.45) is 10.8. The van der Waals surface area contributed by atoms with E-state index in [1.54, 1.807) is 0 Å². The van der Waals surface area contributed by atoms with Crippen molar-refractivity contribution < 1.29 is 21.8 Å². The molecule has 17 heavy (non-hydrogen) atoms. The van der Waals surface area contributed by atoms with Crippen molar-refractivity contribution >= 4 is 13.5 Å². The standard InChI is InChI=1S/C10H17N2.BF4/c1-4-5-6-7-12-9-8-11(3)10(12)2;2-1(3,4)5/h6-9H,4-5H2,1-3H3;/q+1;-1. The van der Waals surface area contributed by atoms with Crippen molar-refractivity contribution in [2.75, 3.05) is 0 Å². The van der Waals surface area contributed by atoms with Crippen LogP contribution in [0.4, 0.5) is 17.3 Å². The van der Waals surface area contributed by atoms with Gasteiger partial charge < -0.3 is 17.3 Å². The van der Waals surface area contributed by atoms with Crippen molar-refractivity contribution in [3.8, 4) is 0 Å². The Balaban J connectivity index is 0.000000437. The Morgan fingerprint density at radius 3 is 2.24 bits per heavy atom. The van der Waals surface area contributed by atoms with Gasteiger partial charge >= 0.3 is 7.25 Å². The molecule has 98 valence electrons. The summed E-state index contributed by atoms with van der Waals surface area (Å²) in [6.45, 7) is 4.29. The minimum Gasteiger partial charge on any atom is -0.418 e. The van der Waals surface area contributed by atoms with Crippen molar-refractivity contribution in [3.05, 3.63) is 24.3 Å². The Kier molecular flexibility index (Phi) is 6.61. The summed E-state index contributed by atoms with van der Waals surface area (Å²) in [4.78, 5) is 0. The zero-order valence-corrected chi connectivity index (χ0v) is 10.2. The highest BCUT2D eigenvalue weighted by atomic mass is 19.5. The highest BCUT2D eigenvalue weighted by Gasteiger charge is 2.20. The van der Waals surface area contributed by atoms with Crippen LogP contribution in [-0.4, -0.2) is 11.8 Å². The Morgan fingerprint density at radius 1 is 1.35 bits per heavy atom. The van der Waals surface area contributed by atoms with Gasteiger partial charge in [0.25, 0.3) is 5.82 Å². The van der Waals surface area contributed by atoms with Crippen LogP contribution in [0, 0.1) is 6.92 Å². The van der Waals surface area contributed by atoms with Crippen LogP contribution in [0.15, 0.2) is 18.5 Å². The Hall–Kier alpha value is -1.27. The molecule has 7 heteroatoms. The van der Waals surface area contributed by atoms with Gasteiger partial charge in [-0.05, 0) is 12.5 Å². The van der Waals surface area contributed by atoms with Gasteiger partial charge in [-0.25, -0.2) is 9.13 Å². The maximum Gasteiger partial charge on any atom is 0.673 e. The Labute approximate surface area is 98.7 Å². The fourth-order valence-electron chi connectivity index (χ4n) is 1.08. The third kappa shape index (κ3) is 8.53. The van der Waals surface area contributed by atoms with Crippen LogP contribution in [-0.2, 0) is 7.05 Å². The van der Waals surface area contributed by atoms with E-state index in [4.69, 9.17) is 0 Å². The quantitative estimate of drug-likeness (QED) is 0.443. The summed E-state index contributed by atoms with van der Waals surface area (Å²) in [5.41, 5.74) is 0. The van der Waals surface area contributed by atoms with Crippen LogP contribution in [0.5, 0.6) is 0 Å². The van der Waals surface area contributed by atoms with Gasteiger partial charge in [-0.2, -0.15) is 0 Å². The van der Waals surface area contributed by atoms with E-state index in [1.807, 2.05) is 0 Å². The lowest BCUT2D eigenvalue weighted by molar-refractivity contribution is -0.676. The summed E-state index contributed by atoms with van der Waals surface area (Å²) in [6, 6.07) is 0. The number of rotatable bonds is 3. The monoisotopic (exact) mass is 252 g/mol. The molecule has 0 N–H and O–H groups in total. The predicted octanol–water partition coefficient (Wildman–Crippen LogP) is 3.19. The summed E-state index contributed by atoms with van der Waals surface area (Å²) in [5.74, 6) is 1.25. The van der Waals surface area contributed by atoms with Gasteiger partial charge in [0.15, 0.2) is 0 Å². The SMILES string of the molecule is CCCC=Cn1cc[n+](C)c1C.F[B-](F)(F)F. The first-order valence-electron chi connectivity index (χ1n) is 5.32. The molecular formula is C10H17BF4N2. The van der Waals surface area contributed by atoms with E-state index in [9.17, 15) is 17.3 Å². The normalized spacial score (nSPS) is 11.5. The minimum absolute atomic E-state index is 1.15. The van der Waals surface area contributed by atoms with E-state index in [1.165, 1.54) is 12.2 Å². The number of nitrogens with zero attached hydrogens (tertiary/aromatic N) is 2. The minimum atomic E-state index is -6.00. The van der Waals surface area contributed by atoms with Crippen LogP contribution in [0.2, 0.25) is 0 Å². The number of aromatic nitrogens is 2. The lowest BCUT2D eigenvalue weighted by atomic mass is 10.3. The van der Waals surface area contributed by atoms with Gasteiger partial charge in [0, 0.05) is 6.92 Å². The summed E-state index contributed by atoms with van der Waals surface area (Å²) in [5, 5.41) is 0. The first-order chi connectivity index (χ1) is 7.75. The van der Waals surface area contributed by atoms with Crippen molar-refractivity contribution in [2.45, 2.75) is 26.7 Å². The maximum absolute atomic E-state index is 9.75. The Bertz CT molecular complexity index is 352. The number of aryl methyl sites for hydroxylation is 1. The van der Waals surface area contributed by atoms with Gasteiger partial charge in [-0.1, -0.05) is 13.3 Å². The molecule has 0 spiro atoms. The predicted molar refractivity (Wildman–Crippen MR) is 60.8 cm³/mol. The first kappa shape index (κ1) is 15.7. The summed E-state index contributed by atoms with van der Waals surface area (Å²) < 4.78 is 43.2. The lowest BCUT2D eigenvalue weighted by Gasteiger charge is -1.94. The largest absolute Gasteiger partial charge is 0.673 e. The van der Waals surface area contributed by atoms with Gasteiger partial charge in [0.05, 0.1) is 13.2 Å². The second-order valence-electron chi connectivity index (χ2n) is 3.53. The van der Waals surface area contributed by atoms with Gasteiger partial charge in [-0.15, -0.1) is 0 Å². The molecule has 1 aromatic rings. The zero-order chi connectivity index (χ0) is 13.5.